The molecule has 7 heteroatoms. The van der Waals surface area contributed by atoms with E-state index >= 15 is 0 Å². The second kappa shape index (κ2) is 5.05. The van der Waals surface area contributed by atoms with Gasteiger partial charge in [-0.25, -0.2) is 9.97 Å². The molecule has 0 saturated carbocycles. The van der Waals surface area contributed by atoms with E-state index in [9.17, 15) is 10.4 Å². The van der Waals surface area contributed by atoms with Crippen LogP contribution in [0.3, 0.4) is 0 Å². The maximum absolute atomic E-state index is 10.1. The number of nitriles is 1. The summed E-state index contributed by atoms with van der Waals surface area (Å²) in [5, 5.41) is 20.2. The second-order valence-electron chi connectivity index (χ2n) is 5.33. The van der Waals surface area contributed by atoms with Crippen molar-refractivity contribution in [1.29, 1.82) is 5.26 Å². The third kappa shape index (κ3) is 2.41. The zero-order chi connectivity index (χ0) is 15.9. The summed E-state index contributed by atoms with van der Waals surface area (Å²) in [5.74, 6) is 0.487. The van der Waals surface area contributed by atoms with Gasteiger partial charge in [0.2, 0.25) is 5.28 Å². The van der Waals surface area contributed by atoms with Gasteiger partial charge in [0.1, 0.15) is 23.2 Å². The average molecular weight is 314 g/mol. The third-order valence-electron chi connectivity index (χ3n) is 3.22. The van der Waals surface area contributed by atoms with Gasteiger partial charge in [-0.2, -0.15) is 10.2 Å². The highest BCUT2D eigenvalue weighted by Gasteiger charge is 2.20. The Balaban J connectivity index is 2.30. The zero-order valence-corrected chi connectivity index (χ0v) is 12.7. The summed E-state index contributed by atoms with van der Waals surface area (Å²) in [6, 6.07) is 9.02. The van der Waals surface area contributed by atoms with Crippen LogP contribution in [0.4, 0.5) is 0 Å². The highest BCUT2D eigenvalue weighted by atomic mass is 35.5. The molecule has 22 heavy (non-hydrogen) atoms. The lowest BCUT2D eigenvalue weighted by atomic mass is 10.1. The topological polar surface area (TPSA) is 87.6 Å². The molecule has 3 aromatic rings. The van der Waals surface area contributed by atoms with Gasteiger partial charge in [-0.1, -0.05) is 6.07 Å². The number of halogens is 1. The molecule has 0 saturated heterocycles. The highest BCUT2D eigenvalue weighted by molar-refractivity contribution is 6.28. The van der Waals surface area contributed by atoms with Crippen LogP contribution in [0.5, 0.6) is 0 Å². The van der Waals surface area contributed by atoms with E-state index in [0.717, 1.165) is 0 Å². The first-order valence-corrected chi connectivity index (χ1v) is 6.92. The van der Waals surface area contributed by atoms with Crippen molar-refractivity contribution in [3.05, 3.63) is 47.1 Å². The van der Waals surface area contributed by atoms with Crippen LogP contribution in [0.25, 0.3) is 16.9 Å². The lowest BCUT2D eigenvalue weighted by molar-refractivity contribution is 0.0738. The fourth-order valence-corrected chi connectivity index (χ4v) is 2.30. The molecule has 0 bridgehead atoms. The Morgan fingerprint density at radius 2 is 2.09 bits per heavy atom. The van der Waals surface area contributed by atoms with Crippen molar-refractivity contribution in [3.8, 4) is 11.9 Å². The molecule has 0 amide bonds. The Hall–Kier alpha value is -2.49. The molecule has 0 atom stereocenters. The minimum Gasteiger partial charge on any atom is -0.384 e. The molecule has 0 aromatic carbocycles. The largest absolute Gasteiger partial charge is 0.384 e. The van der Waals surface area contributed by atoms with Gasteiger partial charge < -0.3 is 5.11 Å². The molecule has 3 rings (SSSR count). The van der Waals surface area contributed by atoms with Crippen LogP contribution in [-0.2, 0) is 5.60 Å². The van der Waals surface area contributed by atoms with E-state index in [1.54, 1.807) is 48.9 Å². The first-order chi connectivity index (χ1) is 10.4. The molecule has 110 valence electrons. The quantitative estimate of drug-likeness (QED) is 0.735. The predicted octanol–water partition coefficient (Wildman–Crippen LogP) is 2.57. The van der Waals surface area contributed by atoms with Gasteiger partial charge in [-0.3, -0.25) is 4.57 Å². The van der Waals surface area contributed by atoms with Crippen molar-refractivity contribution in [2.45, 2.75) is 19.4 Å². The van der Waals surface area contributed by atoms with E-state index in [0.29, 0.717) is 28.2 Å². The van der Waals surface area contributed by atoms with Gasteiger partial charge in [0.15, 0.2) is 5.65 Å². The molecule has 0 fully saturated rings. The molecule has 0 aliphatic carbocycles. The van der Waals surface area contributed by atoms with Crippen molar-refractivity contribution in [2.75, 3.05) is 0 Å². The first kappa shape index (κ1) is 14.4. The summed E-state index contributed by atoms with van der Waals surface area (Å²) >= 11 is 5.86. The van der Waals surface area contributed by atoms with Crippen molar-refractivity contribution in [3.63, 3.8) is 0 Å². The standard InChI is InChI=1S/C15H12ClN5O/c1-15(2,22)11-4-3-5-12(19-11)21-10(7-17)6-9-8-18-14(16)20-13(9)21/h3-6,8,22H,1-2H3. The SMILES string of the molecule is CC(C)(O)c1cccc(-n2c(C#N)cc3cnc(Cl)nc32)n1. The number of pyridine rings is 1. The van der Waals surface area contributed by atoms with Crippen molar-refractivity contribution in [1.82, 2.24) is 19.5 Å². The van der Waals surface area contributed by atoms with Gasteiger partial charge in [-0.05, 0) is 43.6 Å². The Bertz CT molecular complexity index is 904. The van der Waals surface area contributed by atoms with Crippen LogP contribution in [0.15, 0.2) is 30.5 Å². The van der Waals surface area contributed by atoms with Crippen LogP contribution in [0.2, 0.25) is 5.28 Å². The maximum Gasteiger partial charge on any atom is 0.224 e. The van der Waals surface area contributed by atoms with Crippen LogP contribution in [0, 0.1) is 11.3 Å². The second-order valence-corrected chi connectivity index (χ2v) is 5.67. The number of fused-ring (bicyclic) bond motifs is 1. The van der Waals surface area contributed by atoms with E-state index < -0.39 is 5.60 Å². The minimum absolute atomic E-state index is 0.0926. The summed E-state index contributed by atoms with van der Waals surface area (Å²) in [4.78, 5) is 12.5. The molecule has 0 spiro atoms. The molecule has 0 aliphatic heterocycles. The lowest BCUT2D eigenvalue weighted by Crippen LogP contribution is -2.18. The lowest BCUT2D eigenvalue weighted by Gasteiger charge is -2.17. The smallest absolute Gasteiger partial charge is 0.224 e. The first-order valence-electron chi connectivity index (χ1n) is 6.54. The number of rotatable bonds is 2. The molecule has 6 nitrogen and oxygen atoms in total. The molecule has 3 heterocycles. The van der Waals surface area contributed by atoms with Crippen molar-refractivity contribution >= 4 is 22.6 Å². The van der Waals surface area contributed by atoms with E-state index in [1.807, 2.05) is 0 Å². The molecular weight excluding hydrogens is 302 g/mol. The number of aromatic nitrogens is 4. The molecule has 0 aliphatic rings. The van der Waals surface area contributed by atoms with Crippen LogP contribution in [-0.4, -0.2) is 24.6 Å². The fraction of sp³-hybridized carbons (Fsp3) is 0.200. The number of nitrogens with zero attached hydrogens (tertiary/aromatic N) is 5. The van der Waals surface area contributed by atoms with Crippen LogP contribution >= 0.6 is 11.6 Å². The van der Waals surface area contributed by atoms with Gasteiger partial charge in [0.05, 0.1) is 5.69 Å². The Morgan fingerprint density at radius 3 is 2.77 bits per heavy atom. The number of aliphatic hydroxyl groups is 1. The van der Waals surface area contributed by atoms with Gasteiger partial charge in [-0.15, -0.1) is 0 Å². The Kier molecular flexibility index (Phi) is 3.32. The zero-order valence-electron chi connectivity index (χ0n) is 11.9. The molecule has 3 aromatic heterocycles. The summed E-state index contributed by atoms with van der Waals surface area (Å²) in [6.07, 6.45) is 1.56. The molecular formula is C15H12ClN5O. The molecule has 1 N–H and O–H groups in total. The van der Waals surface area contributed by atoms with E-state index in [4.69, 9.17) is 11.6 Å². The van der Waals surface area contributed by atoms with Crippen molar-refractivity contribution in [2.24, 2.45) is 0 Å². The molecule has 0 unspecified atom stereocenters. The fourth-order valence-electron chi connectivity index (χ4n) is 2.17. The summed E-state index contributed by atoms with van der Waals surface area (Å²) in [7, 11) is 0. The van der Waals surface area contributed by atoms with E-state index in [-0.39, 0.29) is 5.28 Å². The Morgan fingerprint density at radius 1 is 1.32 bits per heavy atom. The van der Waals surface area contributed by atoms with Crippen molar-refractivity contribution < 1.29 is 5.11 Å². The highest BCUT2D eigenvalue weighted by Crippen LogP contribution is 2.24. The van der Waals surface area contributed by atoms with Crippen LogP contribution in [0.1, 0.15) is 25.2 Å². The molecule has 0 radical (unpaired) electrons. The van der Waals surface area contributed by atoms with Crippen LogP contribution < -0.4 is 0 Å². The van der Waals surface area contributed by atoms with E-state index in [1.165, 1.54) is 0 Å². The number of hydrogen-bond acceptors (Lipinski definition) is 5. The summed E-state index contributed by atoms with van der Waals surface area (Å²) in [5.41, 5.74) is 0.276. The Labute approximate surface area is 131 Å². The third-order valence-corrected chi connectivity index (χ3v) is 3.40. The van der Waals surface area contributed by atoms with E-state index in [2.05, 4.69) is 21.0 Å². The summed E-state index contributed by atoms with van der Waals surface area (Å²) in [6.45, 7) is 3.30. The minimum atomic E-state index is -1.08. The normalized spacial score (nSPS) is 11.6. The predicted molar refractivity (Wildman–Crippen MR) is 81.6 cm³/mol. The van der Waals surface area contributed by atoms with Gasteiger partial charge in [0.25, 0.3) is 0 Å². The van der Waals surface area contributed by atoms with Gasteiger partial charge >= 0.3 is 0 Å². The maximum atomic E-state index is 10.1. The monoisotopic (exact) mass is 313 g/mol. The summed E-state index contributed by atoms with van der Waals surface area (Å²) < 4.78 is 1.60. The number of hydrogen-bond donors (Lipinski definition) is 1. The van der Waals surface area contributed by atoms with Gasteiger partial charge in [0, 0.05) is 11.6 Å². The average Bonchev–Trinajstić information content (AvgIpc) is 2.84.